The zero-order valence-electron chi connectivity index (χ0n) is 7.45. The van der Waals surface area contributed by atoms with Crippen molar-refractivity contribution in [2.45, 2.75) is 6.42 Å². The van der Waals surface area contributed by atoms with Crippen LogP contribution in [-0.2, 0) is 16.0 Å². The standard InChI is InChI=1S/C9H9FO4/c1-14-9(13)3-5-2-7(11)8(12)4-6(5)10/h2,4,11-12H,3H2,1H3. The molecule has 5 heteroatoms. The topological polar surface area (TPSA) is 66.8 Å². The lowest BCUT2D eigenvalue weighted by atomic mass is 10.1. The molecule has 1 rings (SSSR count). The van der Waals surface area contributed by atoms with Crippen LogP contribution >= 0.6 is 0 Å². The molecule has 14 heavy (non-hydrogen) atoms. The van der Waals surface area contributed by atoms with Crippen LogP contribution in [0.2, 0.25) is 0 Å². The molecule has 0 aliphatic rings. The Balaban J connectivity index is 2.98. The van der Waals surface area contributed by atoms with Gasteiger partial charge < -0.3 is 14.9 Å². The van der Waals surface area contributed by atoms with Gasteiger partial charge in [0.05, 0.1) is 13.5 Å². The van der Waals surface area contributed by atoms with E-state index in [0.29, 0.717) is 0 Å². The maximum absolute atomic E-state index is 13.0. The Morgan fingerprint density at radius 2 is 2.00 bits per heavy atom. The van der Waals surface area contributed by atoms with Crippen molar-refractivity contribution in [3.05, 3.63) is 23.5 Å². The number of phenols is 2. The summed E-state index contributed by atoms with van der Waals surface area (Å²) in [5.41, 5.74) is -0.0212. The lowest BCUT2D eigenvalue weighted by molar-refractivity contribution is -0.139. The molecule has 0 atom stereocenters. The first-order valence-electron chi connectivity index (χ1n) is 3.81. The number of methoxy groups -OCH3 is 1. The van der Waals surface area contributed by atoms with E-state index in [1.807, 2.05) is 0 Å². The molecule has 0 fully saturated rings. The van der Waals surface area contributed by atoms with Gasteiger partial charge in [0.15, 0.2) is 11.5 Å². The minimum atomic E-state index is -0.759. The number of carbonyl (C=O) groups is 1. The molecule has 0 spiro atoms. The van der Waals surface area contributed by atoms with E-state index in [2.05, 4.69) is 4.74 Å². The molecule has 1 aromatic carbocycles. The normalized spacial score (nSPS) is 9.86. The van der Waals surface area contributed by atoms with Crippen molar-refractivity contribution >= 4 is 5.97 Å². The monoisotopic (exact) mass is 200 g/mol. The van der Waals surface area contributed by atoms with Gasteiger partial charge in [0.1, 0.15) is 5.82 Å². The third-order valence-corrected chi connectivity index (χ3v) is 1.71. The molecule has 0 amide bonds. The second kappa shape index (κ2) is 3.95. The quantitative estimate of drug-likeness (QED) is 0.551. The average molecular weight is 200 g/mol. The Kier molecular flexibility index (Phi) is 2.91. The molecule has 0 aliphatic heterocycles. The Morgan fingerprint density at radius 1 is 1.43 bits per heavy atom. The van der Waals surface area contributed by atoms with Crippen LogP contribution in [0, 0.1) is 5.82 Å². The van der Waals surface area contributed by atoms with E-state index in [4.69, 9.17) is 10.2 Å². The van der Waals surface area contributed by atoms with Gasteiger partial charge in [-0.05, 0) is 6.07 Å². The molecule has 4 nitrogen and oxygen atoms in total. The molecular weight excluding hydrogens is 191 g/mol. The maximum Gasteiger partial charge on any atom is 0.310 e. The van der Waals surface area contributed by atoms with Crippen LogP contribution in [0.3, 0.4) is 0 Å². The van der Waals surface area contributed by atoms with Gasteiger partial charge in [0.2, 0.25) is 0 Å². The smallest absolute Gasteiger partial charge is 0.310 e. The number of ether oxygens (including phenoxy) is 1. The van der Waals surface area contributed by atoms with Crippen molar-refractivity contribution < 1.29 is 24.1 Å². The highest BCUT2D eigenvalue weighted by Gasteiger charge is 2.11. The number of esters is 1. The van der Waals surface area contributed by atoms with E-state index in [0.717, 1.165) is 12.1 Å². The summed E-state index contributed by atoms with van der Waals surface area (Å²) in [5, 5.41) is 18.0. The van der Waals surface area contributed by atoms with Gasteiger partial charge in [0.25, 0.3) is 0 Å². The molecule has 0 heterocycles. The summed E-state index contributed by atoms with van der Waals surface area (Å²) >= 11 is 0. The van der Waals surface area contributed by atoms with Crippen LogP contribution in [0.15, 0.2) is 12.1 Å². The lowest BCUT2D eigenvalue weighted by Crippen LogP contribution is -2.05. The van der Waals surface area contributed by atoms with Crippen molar-refractivity contribution in [3.8, 4) is 11.5 Å². The lowest BCUT2D eigenvalue weighted by Gasteiger charge is -2.04. The number of carbonyl (C=O) groups excluding carboxylic acids is 1. The third-order valence-electron chi connectivity index (χ3n) is 1.71. The van der Waals surface area contributed by atoms with Gasteiger partial charge in [-0.25, -0.2) is 4.39 Å². The van der Waals surface area contributed by atoms with Crippen LogP contribution in [0.4, 0.5) is 4.39 Å². The fourth-order valence-electron chi connectivity index (χ4n) is 0.958. The summed E-state index contributed by atoms with van der Waals surface area (Å²) in [7, 11) is 1.18. The average Bonchev–Trinajstić information content (AvgIpc) is 2.14. The van der Waals surface area contributed by atoms with Crippen LogP contribution in [-0.4, -0.2) is 23.3 Å². The van der Waals surface area contributed by atoms with Gasteiger partial charge in [-0.1, -0.05) is 0 Å². The SMILES string of the molecule is COC(=O)Cc1cc(O)c(O)cc1F. The molecule has 0 aromatic heterocycles. The van der Waals surface area contributed by atoms with Crippen LogP contribution < -0.4 is 0 Å². The molecule has 0 saturated heterocycles. The third kappa shape index (κ3) is 2.12. The highest BCUT2D eigenvalue weighted by molar-refractivity contribution is 5.72. The summed E-state index contributed by atoms with van der Waals surface area (Å²) in [4.78, 5) is 10.8. The molecule has 1 aromatic rings. The Bertz CT molecular complexity index is 362. The van der Waals surface area contributed by atoms with Crippen molar-refractivity contribution in [3.63, 3.8) is 0 Å². The second-order valence-electron chi connectivity index (χ2n) is 2.69. The van der Waals surface area contributed by atoms with Crippen LogP contribution in [0.1, 0.15) is 5.56 Å². The molecule has 0 radical (unpaired) electrons. The minimum Gasteiger partial charge on any atom is -0.504 e. The number of phenolic OH excluding ortho intramolecular Hbond substituents is 2. The molecule has 0 saturated carbocycles. The predicted octanol–water partition coefficient (Wildman–Crippen LogP) is 0.952. The fraction of sp³-hybridized carbons (Fsp3) is 0.222. The van der Waals surface area contributed by atoms with E-state index in [-0.39, 0.29) is 12.0 Å². The van der Waals surface area contributed by atoms with E-state index >= 15 is 0 Å². The van der Waals surface area contributed by atoms with E-state index in [1.165, 1.54) is 7.11 Å². The van der Waals surface area contributed by atoms with Crippen molar-refractivity contribution in [1.29, 1.82) is 0 Å². The molecule has 0 bridgehead atoms. The Morgan fingerprint density at radius 3 is 2.57 bits per heavy atom. The predicted molar refractivity (Wildman–Crippen MR) is 45.4 cm³/mol. The van der Waals surface area contributed by atoms with E-state index in [1.54, 1.807) is 0 Å². The van der Waals surface area contributed by atoms with E-state index < -0.39 is 23.3 Å². The fourth-order valence-corrected chi connectivity index (χ4v) is 0.958. The number of aromatic hydroxyl groups is 2. The number of halogens is 1. The number of hydrogen-bond donors (Lipinski definition) is 2. The highest BCUT2D eigenvalue weighted by Crippen LogP contribution is 2.27. The highest BCUT2D eigenvalue weighted by atomic mass is 19.1. The number of benzene rings is 1. The minimum absolute atomic E-state index is 0.0212. The first-order chi connectivity index (χ1) is 6.54. The van der Waals surface area contributed by atoms with Gasteiger partial charge in [-0.2, -0.15) is 0 Å². The summed E-state index contributed by atoms with van der Waals surface area (Å²) in [6.07, 6.45) is -0.282. The molecule has 0 unspecified atom stereocenters. The first kappa shape index (κ1) is 10.3. The van der Waals surface area contributed by atoms with E-state index in [9.17, 15) is 9.18 Å². The first-order valence-corrected chi connectivity index (χ1v) is 3.81. The molecule has 0 aliphatic carbocycles. The second-order valence-corrected chi connectivity index (χ2v) is 2.69. The van der Waals surface area contributed by atoms with Crippen molar-refractivity contribution in [2.75, 3.05) is 7.11 Å². The number of rotatable bonds is 2. The molecular formula is C9H9FO4. The van der Waals surface area contributed by atoms with Gasteiger partial charge >= 0.3 is 5.97 Å². The summed E-state index contributed by atoms with van der Waals surface area (Å²) < 4.78 is 17.4. The zero-order valence-corrected chi connectivity index (χ0v) is 7.45. The molecule has 2 N–H and O–H groups in total. The Labute approximate surface area is 79.6 Å². The maximum atomic E-state index is 13.0. The Hall–Kier alpha value is -1.78. The molecule has 76 valence electrons. The van der Waals surface area contributed by atoms with Crippen molar-refractivity contribution in [1.82, 2.24) is 0 Å². The largest absolute Gasteiger partial charge is 0.504 e. The van der Waals surface area contributed by atoms with Gasteiger partial charge in [0, 0.05) is 11.6 Å². The summed E-state index contributed by atoms with van der Waals surface area (Å²) in [6.45, 7) is 0. The van der Waals surface area contributed by atoms with Crippen LogP contribution in [0.5, 0.6) is 11.5 Å². The van der Waals surface area contributed by atoms with Crippen LogP contribution in [0.25, 0.3) is 0 Å². The summed E-state index contributed by atoms with van der Waals surface area (Å²) in [5.74, 6) is -2.40. The van der Waals surface area contributed by atoms with Gasteiger partial charge in [-0.15, -0.1) is 0 Å². The van der Waals surface area contributed by atoms with Crippen molar-refractivity contribution in [2.24, 2.45) is 0 Å². The number of hydrogen-bond acceptors (Lipinski definition) is 4. The van der Waals surface area contributed by atoms with Gasteiger partial charge in [-0.3, -0.25) is 4.79 Å². The summed E-state index contributed by atoms with van der Waals surface area (Å²) in [6, 6.07) is 1.73. The zero-order chi connectivity index (χ0) is 10.7.